The summed E-state index contributed by atoms with van der Waals surface area (Å²) in [7, 11) is 6.35. The van der Waals surface area contributed by atoms with Crippen LogP contribution >= 0.6 is 11.3 Å². The molecule has 2 heterocycles. The summed E-state index contributed by atoms with van der Waals surface area (Å²) in [5.41, 5.74) is 0. The third-order valence-corrected chi connectivity index (χ3v) is 4.52. The molecule has 0 radical (unpaired) electrons. The van der Waals surface area contributed by atoms with Crippen LogP contribution in [0.4, 0.5) is 5.13 Å². The van der Waals surface area contributed by atoms with Gasteiger partial charge in [0.05, 0.1) is 0 Å². The molecule has 1 fully saturated rings. The van der Waals surface area contributed by atoms with E-state index in [-0.39, 0.29) is 0 Å². The summed E-state index contributed by atoms with van der Waals surface area (Å²) >= 11 is 1.80. The SMILES string of the molecule is CNCc1cnc(N(C)C2CCN(C)CC2)s1. The summed E-state index contributed by atoms with van der Waals surface area (Å²) in [6.45, 7) is 3.31. The molecule has 0 unspecified atom stereocenters. The Kier molecular flexibility index (Phi) is 4.36. The van der Waals surface area contributed by atoms with Gasteiger partial charge in [0.2, 0.25) is 0 Å². The van der Waals surface area contributed by atoms with E-state index in [1.165, 1.54) is 30.8 Å². The van der Waals surface area contributed by atoms with Gasteiger partial charge < -0.3 is 15.1 Å². The van der Waals surface area contributed by atoms with Crippen LogP contribution in [0.5, 0.6) is 0 Å². The van der Waals surface area contributed by atoms with Crippen LogP contribution in [-0.2, 0) is 6.54 Å². The second kappa shape index (κ2) is 5.80. The molecule has 0 saturated carbocycles. The lowest BCUT2D eigenvalue weighted by Crippen LogP contribution is -2.41. The van der Waals surface area contributed by atoms with Crippen molar-refractivity contribution in [1.82, 2.24) is 15.2 Å². The molecule has 0 atom stereocenters. The summed E-state index contributed by atoms with van der Waals surface area (Å²) in [6.07, 6.45) is 4.48. The average molecular weight is 254 g/mol. The number of nitrogens with zero attached hydrogens (tertiary/aromatic N) is 3. The van der Waals surface area contributed by atoms with Crippen molar-refractivity contribution < 1.29 is 0 Å². The molecule has 4 nitrogen and oxygen atoms in total. The summed E-state index contributed by atoms with van der Waals surface area (Å²) in [5, 5.41) is 4.32. The van der Waals surface area contributed by atoms with E-state index in [0.717, 1.165) is 11.7 Å². The molecule has 0 amide bonds. The van der Waals surface area contributed by atoms with E-state index < -0.39 is 0 Å². The minimum atomic E-state index is 0.653. The first kappa shape index (κ1) is 12.8. The second-order valence-electron chi connectivity index (χ2n) is 4.78. The van der Waals surface area contributed by atoms with E-state index in [2.05, 4.69) is 34.2 Å². The Bertz CT molecular complexity index is 344. The van der Waals surface area contributed by atoms with Crippen molar-refractivity contribution in [2.75, 3.05) is 39.1 Å². The van der Waals surface area contributed by atoms with E-state index in [4.69, 9.17) is 0 Å². The number of hydrogen-bond donors (Lipinski definition) is 1. The van der Waals surface area contributed by atoms with Crippen LogP contribution in [0.15, 0.2) is 6.20 Å². The normalized spacial score (nSPS) is 18.5. The van der Waals surface area contributed by atoms with Crippen LogP contribution in [0.2, 0.25) is 0 Å². The van der Waals surface area contributed by atoms with Crippen molar-refractivity contribution >= 4 is 16.5 Å². The Hall–Kier alpha value is -0.650. The molecule has 96 valence electrons. The highest BCUT2D eigenvalue weighted by molar-refractivity contribution is 7.15. The smallest absolute Gasteiger partial charge is 0.185 e. The number of hydrogen-bond acceptors (Lipinski definition) is 5. The first-order chi connectivity index (χ1) is 8.20. The second-order valence-corrected chi connectivity index (χ2v) is 5.88. The number of piperidine rings is 1. The van der Waals surface area contributed by atoms with E-state index in [0.29, 0.717) is 6.04 Å². The minimum absolute atomic E-state index is 0.653. The number of nitrogens with one attached hydrogen (secondary N) is 1. The molecule has 1 aromatic rings. The Balaban J connectivity index is 1.96. The summed E-state index contributed by atoms with van der Waals surface area (Å²) in [6, 6.07) is 0.653. The molecule has 0 aliphatic carbocycles. The Labute approximate surface area is 108 Å². The third kappa shape index (κ3) is 3.18. The van der Waals surface area contributed by atoms with Gasteiger partial charge in [0.1, 0.15) is 0 Å². The molecule has 2 rings (SSSR count). The molecule has 1 aliphatic heterocycles. The third-order valence-electron chi connectivity index (χ3n) is 3.43. The van der Waals surface area contributed by atoms with Crippen LogP contribution in [0.3, 0.4) is 0 Å². The van der Waals surface area contributed by atoms with E-state index in [9.17, 15) is 0 Å². The molecule has 5 heteroatoms. The Morgan fingerprint density at radius 2 is 2.24 bits per heavy atom. The molecule has 0 bridgehead atoms. The maximum Gasteiger partial charge on any atom is 0.185 e. The van der Waals surface area contributed by atoms with Gasteiger partial charge in [0.15, 0.2) is 5.13 Å². The number of rotatable bonds is 4. The molecule has 1 saturated heterocycles. The molecule has 0 spiro atoms. The fraction of sp³-hybridized carbons (Fsp3) is 0.750. The van der Waals surface area contributed by atoms with Gasteiger partial charge in [-0.15, -0.1) is 11.3 Å². The lowest BCUT2D eigenvalue weighted by Gasteiger charge is -2.34. The van der Waals surface area contributed by atoms with Crippen LogP contribution in [0.1, 0.15) is 17.7 Å². The van der Waals surface area contributed by atoms with E-state index >= 15 is 0 Å². The molecule has 0 aromatic carbocycles. The predicted molar refractivity (Wildman–Crippen MR) is 73.8 cm³/mol. The van der Waals surface area contributed by atoms with Gasteiger partial charge in [-0.05, 0) is 40.0 Å². The van der Waals surface area contributed by atoms with Crippen molar-refractivity contribution in [2.45, 2.75) is 25.4 Å². The lowest BCUT2D eigenvalue weighted by atomic mass is 10.0. The minimum Gasteiger partial charge on any atom is -0.348 e. The van der Waals surface area contributed by atoms with Crippen LogP contribution < -0.4 is 10.2 Å². The fourth-order valence-corrected chi connectivity index (χ4v) is 3.21. The van der Waals surface area contributed by atoms with Crippen molar-refractivity contribution in [1.29, 1.82) is 0 Å². The zero-order chi connectivity index (χ0) is 12.3. The monoisotopic (exact) mass is 254 g/mol. The van der Waals surface area contributed by atoms with Gasteiger partial charge in [0.25, 0.3) is 0 Å². The maximum absolute atomic E-state index is 4.52. The van der Waals surface area contributed by atoms with Crippen LogP contribution in [0, 0.1) is 0 Å². The number of aromatic nitrogens is 1. The number of anilines is 1. The summed E-state index contributed by atoms with van der Waals surface area (Å²) in [5.74, 6) is 0. The van der Waals surface area contributed by atoms with Gasteiger partial charge in [-0.1, -0.05) is 0 Å². The molecule has 1 aromatic heterocycles. The van der Waals surface area contributed by atoms with E-state index in [1.807, 2.05) is 13.2 Å². The first-order valence-corrected chi connectivity index (χ1v) is 7.03. The summed E-state index contributed by atoms with van der Waals surface area (Å²) < 4.78 is 0. The highest BCUT2D eigenvalue weighted by atomic mass is 32.1. The van der Waals surface area contributed by atoms with Gasteiger partial charge in [-0.3, -0.25) is 0 Å². The molecule has 1 aliphatic rings. The Morgan fingerprint density at radius 3 is 2.88 bits per heavy atom. The van der Waals surface area contributed by atoms with Gasteiger partial charge in [0, 0.05) is 30.7 Å². The van der Waals surface area contributed by atoms with Crippen molar-refractivity contribution in [3.63, 3.8) is 0 Å². The number of likely N-dealkylation sites (tertiary alicyclic amines) is 1. The topological polar surface area (TPSA) is 31.4 Å². The average Bonchev–Trinajstić information content (AvgIpc) is 2.78. The van der Waals surface area contributed by atoms with Crippen LogP contribution in [-0.4, -0.2) is 50.2 Å². The van der Waals surface area contributed by atoms with Crippen molar-refractivity contribution in [2.24, 2.45) is 0 Å². The Morgan fingerprint density at radius 1 is 1.53 bits per heavy atom. The van der Waals surface area contributed by atoms with Gasteiger partial charge >= 0.3 is 0 Å². The zero-order valence-corrected chi connectivity index (χ0v) is 11.8. The highest BCUT2D eigenvalue weighted by Crippen LogP contribution is 2.26. The predicted octanol–water partition coefficient (Wildman–Crippen LogP) is 1.39. The molecule has 1 N–H and O–H groups in total. The number of thiazole rings is 1. The lowest BCUT2D eigenvalue weighted by molar-refractivity contribution is 0.253. The first-order valence-electron chi connectivity index (χ1n) is 6.21. The molecular formula is C12H22N4S. The fourth-order valence-electron chi connectivity index (χ4n) is 2.25. The molecule has 17 heavy (non-hydrogen) atoms. The van der Waals surface area contributed by atoms with E-state index in [1.54, 1.807) is 11.3 Å². The highest BCUT2D eigenvalue weighted by Gasteiger charge is 2.22. The zero-order valence-electron chi connectivity index (χ0n) is 10.9. The van der Waals surface area contributed by atoms with Crippen LogP contribution in [0.25, 0.3) is 0 Å². The van der Waals surface area contributed by atoms with Crippen molar-refractivity contribution in [3.8, 4) is 0 Å². The maximum atomic E-state index is 4.52. The largest absolute Gasteiger partial charge is 0.348 e. The molecular weight excluding hydrogens is 232 g/mol. The quantitative estimate of drug-likeness (QED) is 0.880. The van der Waals surface area contributed by atoms with Gasteiger partial charge in [-0.2, -0.15) is 0 Å². The summed E-state index contributed by atoms with van der Waals surface area (Å²) in [4.78, 5) is 10.6. The van der Waals surface area contributed by atoms with Crippen molar-refractivity contribution in [3.05, 3.63) is 11.1 Å². The van der Waals surface area contributed by atoms with Gasteiger partial charge in [-0.25, -0.2) is 4.98 Å². The standard InChI is InChI=1S/C12H22N4S/c1-13-8-11-9-14-12(17-11)16(3)10-4-6-15(2)7-5-10/h9-10,13H,4-8H2,1-3H3.